The van der Waals surface area contributed by atoms with Crippen LogP contribution in [0.25, 0.3) is 0 Å². The molecule has 1 N–H and O–H groups in total. The molecule has 0 radical (unpaired) electrons. The quantitative estimate of drug-likeness (QED) is 0.761. The van der Waals surface area contributed by atoms with Crippen LogP contribution in [0.4, 0.5) is 11.4 Å². The second kappa shape index (κ2) is 6.45. The first-order valence-electron chi connectivity index (χ1n) is 8.29. The fourth-order valence-electron chi connectivity index (χ4n) is 3.37. The third-order valence-corrected chi connectivity index (χ3v) is 4.91. The Labute approximate surface area is 160 Å². The van der Waals surface area contributed by atoms with Crippen molar-refractivity contribution in [3.63, 3.8) is 0 Å². The van der Waals surface area contributed by atoms with E-state index in [9.17, 15) is 14.7 Å². The average molecular weight is 378 g/mol. The van der Waals surface area contributed by atoms with Gasteiger partial charge in [0, 0.05) is 11.3 Å². The summed E-state index contributed by atoms with van der Waals surface area (Å²) in [6.45, 7) is 0. The average Bonchev–Trinajstić information content (AvgIpc) is 2.69. The normalized spacial score (nSPS) is 18.6. The molecule has 0 aromatic heterocycles. The number of fused-ring (bicyclic) bond motifs is 1. The highest BCUT2D eigenvalue weighted by atomic mass is 35.5. The molecule has 0 saturated carbocycles. The summed E-state index contributed by atoms with van der Waals surface area (Å²) in [5, 5.41) is 15.8. The van der Waals surface area contributed by atoms with Gasteiger partial charge < -0.3 is 15.2 Å². The van der Waals surface area contributed by atoms with Gasteiger partial charge in [-0.3, -0.25) is 9.69 Å². The predicted molar refractivity (Wildman–Crippen MR) is 101 cm³/mol. The number of carbonyl (C=O) groups is 2. The smallest absolute Gasteiger partial charge is 0.262 e. The number of hydrogen-bond donors (Lipinski definition) is 1. The number of amides is 1. The van der Waals surface area contributed by atoms with Crippen LogP contribution < -0.4 is 15.3 Å². The minimum atomic E-state index is -1.95. The minimum Gasteiger partial charge on any atom is -0.545 e. The highest BCUT2D eigenvalue weighted by Crippen LogP contribution is 2.42. The molecule has 0 bridgehead atoms. The molecule has 1 amide bonds. The minimum absolute atomic E-state index is 0.258. The van der Waals surface area contributed by atoms with Gasteiger partial charge in [-0.05, 0) is 24.3 Å². The van der Waals surface area contributed by atoms with E-state index < -0.39 is 17.5 Å². The number of carbonyl (C=O) groups excluding carboxylic acids is 2. The number of carboxylic acids is 1. The van der Waals surface area contributed by atoms with Gasteiger partial charge in [0.2, 0.25) is 0 Å². The third-order valence-electron chi connectivity index (χ3n) is 4.59. The summed E-state index contributed by atoms with van der Waals surface area (Å²) in [6, 6.07) is 21.8. The number of para-hydroxylation sites is 2. The zero-order chi connectivity index (χ0) is 19.0. The van der Waals surface area contributed by atoms with Crippen LogP contribution in [-0.2, 0) is 10.5 Å². The number of aliphatic carboxylic acids is 1. The highest BCUT2D eigenvalue weighted by Gasteiger charge is 2.49. The van der Waals surface area contributed by atoms with Crippen LogP contribution in [0.2, 0.25) is 5.02 Å². The molecule has 1 aliphatic heterocycles. The fourth-order valence-corrected chi connectivity index (χ4v) is 3.59. The molecule has 5 nitrogen and oxygen atoms in total. The first-order chi connectivity index (χ1) is 13.1. The van der Waals surface area contributed by atoms with E-state index in [1.54, 1.807) is 78.9 Å². The molecule has 3 aromatic carbocycles. The zero-order valence-electron chi connectivity index (χ0n) is 14.1. The summed E-state index contributed by atoms with van der Waals surface area (Å²) in [7, 11) is 0. The number of nitrogens with one attached hydrogen (secondary N) is 1. The van der Waals surface area contributed by atoms with Gasteiger partial charge in [-0.15, -0.1) is 0 Å². The SMILES string of the molecule is O=C1c2ccccc2N[C@@](C(=O)[O-])(c2ccccc2)N1c1ccccc1Cl. The van der Waals surface area contributed by atoms with Gasteiger partial charge in [0.05, 0.1) is 22.2 Å². The van der Waals surface area contributed by atoms with Crippen molar-refractivity contribution in [3.05, 3.63) is 95.0 Å². The second-order valence-electron chi connectivity index (χ2n) is 6.13. The second-order valence-corrected chi connectivity index (χ2v) is 6.53. The zero-order valence-corrected chi connectivity index (χ0v) is 14.8. The van der Waals surface area contributed by atoms with Gasteiger partial charge in [0.15, 0.2) is 5.66 Å². The Kier molecular flexibility index (Phi) is 4.09. The van der Waals surface area contributed by atoms with Gasteiger partial charge in [0.1, 0.15) is 0 Å². The molecule has 0 unspecified atom stereocenters. The first-order valence-corrected chi connectivity index (χ1v) is 8.67. The summed E-state index contributed by atoms with van der Waals surface area (Å²) in [5.41, 5.74) is -0.548. The Balaban J connectivity index is 2.06. The van der Waals surface area contributed by atoms with E-state index in [2.05, 4.69) is 5.32 Å². The molecule has 134 valence electrons. The van der Waals surface area contributed by atoms with E-state index in [1.165, 1.54) is 0 Å². The molecule has 0 fully saturated rings. The van der Waals surface area contributed by atoms with Crippen molar-refractivity contribution < 1.29 is 14.7 Å². The van der Waals surface area contributed by atoms with E-state index in [0.29, 0.717) is 16.8 Å². The van der Waals surface area contributed by atoms with Crippen molar-refractivity contribution in [2.75, 3.05) is 10.2 Å². The molecule has 4 rings (SSSR count). The van der Waals surface area contributed by atoms with Crippen molar-refractivity contribution in [2.24, 2.45) is 0 Å². The summed E-state index contributed by atoms with van der Waals surface area (Å²) in [6.07, 6.45) is 0. The summed E-state index contributed by atoms with van der Waals surface area (Å²) in [5.74, 6) is -1.94. The van der Waals surface area contributed by atoms with Crippen LogP contribution in [0.1, 0.15) is 15.9 Å². The molecule has 0 aliphatic carbocycles. The van der Waals surface area contributed by atoms with Gasteiger partial charge >= 0.3 is 0 Å². The van der Waals surface area contributed by atoms with Gasteiger partial charge in [-0.25, -0.2) is 0 Å². The van der Waals surface area contributed by atoms with Crippen molar-refractivity contribution >= 4 is 34.9 Å². The monoisotopic (exact) mass is 377 g/mol. The number of halogens is 1. The topological polar surface area (TPSA) is 72.5 Å². The van der Waals surface area contributed by atoms with Gasteiger partial charge in [-0.1, -0.05) is 66.2 Å². The molecule has 1 heterocycles. The molecule has 6 heteroatoms. The fraction of sp³-hybridized carbons (Fsp3) is 0.0476. The molecule has 3 aromatic rings. The van der Waals surface area contributed by atoms with Crippen molar-refractivity contribution in [1.82, 2.24) is 0 Å². The molecule has 1 aliphatic rings. The Morgan fingerprint density at radius 2 is 1.56 bits per heavy atom. The lowest BCUT2D eigenvalue weighted by Gasteiger charge is -2.49. The third kappa shape index (κ3) is 2.55. The van der Waals surface area contributed by atoms with Crippen LogP contribution in [0.5, 0.6) is 0 Å². The number of nitrogens with zero attached hydrogens (tertiary/aromatic N) is 1. The summed E-state index contributed by atoms with van der Waals surface area (Å²) >= 11 is 6.33. The van der Waals surface area contributed by atoms with E-state index in [4.69, 9.17) is 11.6 Å². The number of benzene rings is 3. The van der Waals surface area contributed by atoms with Crippen molar-refractivity contribution in [2.45, 2.75) is 5.66 Å². The standard InChI is InChI=1S/C21H15ClN2O3/c22-16-11-5-7-13-18(16)24-19(25)15-10-4-6-12-17(15)23-21(24,20(26)27)14-8-2-1-3-9-14/h1-13,23H,(H,26,27)/p-1/t21-/m0/s1. The van der Waals surface area contributed by atoms with Crippen LogP contribution >= 0.6 is 11.6 Å². The molecule has 0 saturated heterocycles. The Morgan fingerprint density at radius 3 is 2.26 bits per heavy atom. The maximum Gasteiger partial charge on any atom is 0.262 e. The van der Waals surface area contributed by atoms with Crippen molar-refractivity contribution in [1.29, 1.82) is 0 Å². The van der Waals surface area contributed by atoms with Gasteiger partial charge in [-0.2, -0.15) is 0 Å². The predicted octanol–water partition coefficient (Wildman–Crippen LogP) is 3.02. The number of carboxylic acid groups (broad SMARTS) is 1. The first kappa shape index (κ1) is 17.1. The Hall–Kier alpha value is -3.31. The van der Waals surface area contributed by atoms with E-state index in [-0.39, 0.29) is 10.7 Å². The Bertz CT molecular complexity index is 1040. The summed E-state index contributed by atoms with van der Waals surface area (Å²) in [4.78, 5) is 27.1. The number of anilines is 2. The highest BCUT2D eigenvalue weighted by molar-refractivity contribution is 6.34. The number of hydrogen-bond acceptors (Lipinski definition) is 4. The maximum atomic E-state index is 13.4. The number of rotatable bonds is 3. The maximum absolute atomic E-state index is 13.4. The molecule has 0 spiro atoms. The van der Waals surface area contributed by atoms with Crippen LogP contribution in [0.15, 0.2) is 78.9 Å². The lowest BCUT2D eigenvalue weighted by atomic mass is 9.91. The molecular formula is C21H14ClN2O3-. The van der Waals surface area contributed by atoms with Crippen LogP contribution in [0, 0.1) is 0 Å². The van der Waals surface area contributed by atoms with Crippen LogP contribution in [0.3, 0.4) is 0 Å². The van der Waals surface area contributed by atoms with Gasteiger partial charge in [0.25, 0.3) is 5.91 Å². The summed E-state index contributed by atoms with van der Waals surface area (Å²) < 4.78 is 0. The molecule has 1 atom stereocenters. The van der Waals surface area contributed by atoms with E-state index in [1.807, 2.05) is 0 Å². The van der Waals surface area contributed by atoms with E-state index in [0.717, 1.165) is 4.90 Å². The lowest BCUT2D eigenvalue weighted by Crippen LogP contribution is -2.66. The molecule has 27 heavy (non-hydrogen) atoms. The lowest BCUT2D eigenvalue weighted by molar-refractivity contribution is -0.312. The Morgan fingerprint density at radius 1 is 0.926 bits per heavy atom. The largest absolute Gasteiger partial charge is 0.545 e. The van der Waals surface area contributed by atoms with E-state index >= 15 is 0 Å². The molecular weight excluding hydrogens is 364 g/mol. The van der Waals surface area contributed by atoms with Crippen LogP contribution in [-0.4, -0.2) is 11.9 Å². The van der Waals surface area contributed by atoms with Crippen molar-refractivity contribution in [3.8, 4) is 0 Å².